The van der Waals surface area contributed by atoms with Crippen LogP contribution in [0.5, 0.6) is 23.0 Å². The standard InChI is InChI=1S/C36H30N4O4/c1-38-26-23-31(39(27-14-6-10-18-33(27)41-2)28-15-7-11-19-34(28)42-3)25(24-37)22-32(26)40(29-16-8-12-20-35(29)43-4)30-17-9-13-21-36(30)44-5/h6-23H,2-5H3. The van der Waals surface area contributed by atoms with E-state index in [0.29, 0.717) is 68.4 Å². The normalized spacial score (nSPS) is 10.2. The fraction of sp³-hybridized carbons (Fsp3) is 0.111. The maximum atomic E-state index is 10.6. The van der Waals surface area contributed by atoms with Crippen molar-refractivity contribution in [1.29, 1.82) is 5.26 Å². The summed E-state index contributed by atoms with van der Waals surface area (Å²) in [5.74, 6) is 2.34. The van der Waals surface area contributed by atoms with Crippen LogP contribution >= 0.6 is 0 Å². The van der Waals surface area contributed by atoms with Crippen LogP contribution in [0, 0.1) is 17.9 Å². The molecule has 0 saturated heterocycles. The molecule has 5 rings (SSSR count). The molecule has 0 fully saturated rings. The number of nitriles is 1. The zero-order valence-corrected chi connectivity index (χ0v) is 24.8. The summed E-state index contributed by atoms with van der Waals surface area (Å²) in [7, 11) is 6.38. The molecule has 0 radical (unpaired) electrons. The molecule has 0 N–H and O–H groups in total. The number of rotatable bonds is 10. The molecule has 0 saturated carbocycles. The average molecular weight is 583 g/mol. The second-order valence-corrected chi connectivity index (χ2v) is 9.44. The molecule has 218 valence electrons. The molecule has 0 aliphatic rings. The maximum absolute atomic E-state index is 10.6. The summed E-state index contributed by atoms with van der Waals surface area (Å²) in [6.45, 7) is 8.32. The van der Waals surface area contributed by atoms with Gasteiger partial charge in [-0.05, 0) is 60.7 Å². The summed E-state index contributed by atoms with van der Waals surface area (Å²) in [5.41, 5.74) is 4.27. The molecule has 5 aromatic carbocycles. The molecular formula is C36H30N4O4. The lowest BCUT2D eigenvalue weighted by molar-refractivity contribution is 0.412. The van der Waals surface area contributed by atoms with E-state index in [1.807, 2.05) is 107 Å². The van der Waals surface area contributed by atoms with Crippen molar-refractivity contribution < 1.29 is 18.9 Å². The van der Waals surface area contributed by atoms with E-state index in [2.05, 4.69) is 10.9 Å². The summed E-state index contributed by atoms with van der Waals surface area (Å²) in [5, 5.41) is 10.6. The minimum atomic E-state index is 0.297. The van der Waals surface area contributed by atoms with Crippen molar-refractivity contribution >= 4 is 39.8 Å². The molecule has 0 aliphatic carbocycles. The number of hydrogen-bond donors (Lipinski definition) is 0. The number of ether oxygens (including phenoxy) is 4. The van der Waals surface area contributed by atoms with Gasteiger partial charge in [0, 0.05) is 0 Å². The van der Waals surface area contributed by atoms with E-state index in [1.165, 1.54) is 0 Å². The van der Waals surface area contributed by atoms with Crippen molar-refractivity contribution in [3.8, 4) is 29.1 Å². The molecule has 0 bridgehead atoms. The highest BCUT2D eigenvalue weighted by Crippen LogP contribution is 2.51. The molecule has 0 amide bonds. The second-order valence-electron chi connectivity index (χ2n) is 9.44. The maximum Gasteiger partial charge on any atom is 0.212 e. The van der Waals surface area contributed by atoms with E-state index >= 15 is 0 Å². The predicted octanol–water partition coefficient (Wildman–Crippen LogP) is 9.08. The monoisotopic (exact) mass is 582 g/mol. The van der Waals surface area contributed by atoms with E-state index in [9.17, 15) is 5.26 Å². The minimum Gasteiger partial charge on any atom is -0.495 e. The number of nitrogens with zero attached hydrogens (tertiary/aromatic N) is 4. The highest BCUT2D eigenvalue weighted by atomic mass is 16.5. The summed E-state index contributed by atoms with van der Waals surface area (Å²) >= 11 is 0. The van der Waals surface area contributed by atoms with Crippen LogP contribution in [0.3, 0.4) is 0 Å². The van der Waals surface area contributed by atoms with E-state index in [0.717, 1.165) is 0 Å². The van der Waals surface area contributed by atoms with Crippen LogP contribution in [0.4, 0.5) is 39.8 Å². The average Bonchev–Trinajstić information content (AvgIpc) is 3.09. The van der Waals surface area contributed by atoms with Gasteiger partial charge in [0.05, 0.1) is 74.7 Å². The summed E-state index contributed by atoms with van der Waals surface area (Å²) in [6, 6.07) is 35.9. The molecular weight excluding hydrogens is 552 g/mol. The van der Waals surface area contributed by atoms with Crippen LogP contribution in [0.2, 0.25) is 0 Å². The van der Waals surface area contributed by atoms with Crippen molar-refractivity contribution in [2.75, 3.05) is 38.2 Å². The lowest BCUT2D eigenvalue weighted by Crippen LogP contribution is -2.16. The Bertz CT molecular complexity index is 1640. The third-order valence-corrected chi connectivity index (χ3v) is 7.12. The lowest BCUT2D eigenvalue weighted by atomic mass is 10.0. The Morgan fingerprint density at radius 3 is 1.18 bits per heavy atom. The van der Waals surface area contributed by atoms with Gasteiger partial charge in [-0.3, -0.25) is 0 Å². The molecule has 0 atom stereocenters. The quantitative estimate of drug-likeness (QED) is 0.152. The van der Waals surface area contributed by atoms with Crippen molar-refractivity contribution in [2.45, 2.75) is 0 Å². The molecule has 0 aliphatic heterocycles. The fourth-order valence-corrected chi connectivity index (χ4v) is 5.15. The van der Waals surface area contributed by atoms with Crippen LogP contribution in [-0.4, -0.2) is 28.4 Å². The molecule has 0 spiro atoms. The molecule has 8 nitrogen and oxygen atoms in total. The summed E-state index contributed by atoms with van der Waals surface area (Å²) in [6.07, 6.45) is 0. The van der Waals surface area contributed by atoms with Crippen LogP contribution in [0.15, 0.2) is 109 Å². The topological polar surface area (TPSA) is 71.6 Å². The van der Waals surface area contributed by atoms with Gasteiger partial charge in [-0.25, -0.2) is 4.85 Å². The Balaban J connectivity index is 1.85. The van der Waals surface area contributed by atoms with Crippen molar-refractivity contribution in [2.24, 2.45) is 0 Å². The van der Waals surface area contributed by atoms with Gasteiger partial charge in [0.1, 0.15) is 29.1 Å². The van der Waals surface area contributed by atoms with E-state index in [4.69, 9.17) is 25.5 Å². The first-order valence-electron chi connectivity index (χ1n) is 13.7. The molecule has 44 heavy (non-hydrogen) atoms. The summed E-state index contributed by atoms with van der Waals surface area (Å²) in [4.78, 5) is 7.73. The van der Waals surface area contributed by atoms with Gasteiger partial charge < -0.3 is 28.7 Å². The third kappa shape index (κ3) is 5.40. The van der Waals surface area contributed by atoms with E-state index in [1.54, 1.807) is 40.6 Å². The molecule has 8 heteroatoms. The van der Waals surface area contributed by atoms with Gasteiger partial charge in [0.2, 0.25) is 5.69 Å². The van der Waals surface area contributed by atoms with E-state index < -0.39 is 0 Å². The summed E-state index contributed by atoms with van der Waals surface area (Å²) < 4.78 is 23.0. The van der Waals surface area contributed by atoms with Gasteiger partial charge in [-0.15, -0.1) is 0 Å². The SMILES string of the molecule is [C-]#[N+]c1cc(N(c2ccccc2OC)c2ccccc2OC)c(C#N)cc1N(c1ccccc1OC)c1ccccc1OC. The van der Waals surface area contributed by atoms with Crippen LogP contribution in [-0.2, 0) is 0 Å². The number of benzene rings is 5. The van der Waals surface area contributed by atoms with Crippen molar-refractivity contribution in [1.82, 2.24) is 0 Å². The second kappa shape index (κ2) is 13.2. The first kappa shape index (κ1) is 29.4. The number of hydrogen-bond acceptors (Lipinski definition) is 7. The lowest BCUT2D eigenvalue weighted by Gasteiger charge is -2.32. The Kier molecular flexibility index (Phi) is 8.84. The van der Waals surface area contributed by atoms with Crippen molar-refractivity contribution in [3.63, 3.8) is 0 Å². The smallest absolute Gasteiger partial charge is 0.212 e. The predicted molar refractivity (Wildman–Crippen MR) is 173 cm³/mol. The first-order valence-corrected chi connectivity index (χ1v) is 13.7. The van der Waals surface area contributed by atoms with Crippen LogP contribution in [0.25, 0.3) is 4.85 Å². The molecule has 0 unspecified atom stereocenters. The zero-order chi connectivity index (χ0) is 31.1. The number of para-hydroxylation sites is 8. The van der Waals surface area contributed by atoms with Crippen molar-refractivity contribution in [3.05, 3.63) is 126 Å². The highest BCUT2D eigenvalue weighted by molar-refractivity contribution is 5.95. The first-order chi connectivity index (χ1) is 21.6. The minimum absolute atomic E-state index is 0.297. The third-order valence-electron chi connectivity index (χ3n) is 7.12. The van der Waals surface area contributed by atoms with Crippen LogP contribution in [0.1, 0.15) is 5.56 Å². The molecule has 5 aromatic rings. The fourth-order valence-electron chi connectivity index (χ4n) is 5.15. The Morgan fingerprint density at radius 2 is 0.864 bits per heavy atom. The molecule has 0 aromatic heterocycles. The van der Waals surface area contributed by atoms with Gasteiger partial charge >= 0.3 is 0 Å². The Morgan fingerprint density at radius 1 is 0.523 bits per heavy atom. The van der Waals surface area contributed by atoms with Gasteiger partial charge in [-0.2, -0.15) is 5.26 Å². The van der Waals surface area contributed by atoms with Gasteiger partial charge in [0.25, 0.3) is 0 Å². The largest absolute Gasteiger partial charge is 0.495 e. The Hall–Kier alpha value is -6.12. The van der Waals surface area contributed by atoms with Crippen LogP contribution < -0.4 is 28.7 Å². The number of methoxy groups -OCH3 is 4. The number of anilines is 6. The Labute approximate surface area is 257 Å². The zero-order valence-electron chi connectivity index (χ0n) is 24.8. The molecule has 0 heterocycles. The van der Waals surface area contributed by atoms with Gasteiger partial charge in [0.15, 0.2) is 0 Å². The van der Waals surface area contributed by atoms with Gasteiger partial charge in [-0.1, -0.05) is 48.5 Å². The van der Waals surface area contributed by atoms with E-state index in [-0.39, 0.29) is 0 Å². The highest BCUT2D eigenvalue weighted by Gasteiger charge is 2.28.